The van der Waals surface area contributed by atoms with Crippen molar-refractivity contribution in [1.82, 2.24) is 0 Å². The van der Waals surface area contributed by atoms with E-state index < -0.39 is 0 Å². The molecule has 0 heterocycles. The number of fused-ring (bicyclic) bond motifs is 1. The highest BCUT2D eigenvalue weighted by atomic mass is 16.5. The Morgan fingerprint density at radius 2 is 2.00 bits per heavy atom. The van der Waals surface area contributed by atoms with E-state index in [1.807, 2.05) is 36.4 Å². The molecule has 1 N–H and O–H groups in total. The van der Waals surface area contributed by atoms with Gasteiger partial charge in [-0.25, -0.2) is 0 Å². The lowest BCUT2D eigenvalue weighted by atomic mass is 10.0. The Balaban J connectivity index is 2.29. The second-order valence-corrected chi connectivity index (χ2v) is 4.50. The SMILES string of the molecule is CCCCCOc1ccc2ccccc2c1C=NO. The van der Waals surface area contributed by atoms with E-state index >= 15 is 0 Å². The van der Waals surface area contributed by atoms with Gasteiger partial charge in [-0.05, 0) is 23.3 Å². The van der Waals surface area contributed by atoms with Crippen molar-refractivity contribution in [1.29, 1.82) is 0 Å². The van der Waals surface area contributed by atoms with Crippen LogP contribution in [0.4, 0.5) is 0 Å². The lowest BCUT2D eigenvalue weighted by Gasteiger charge is -2.11. The molecular weight excluding hydrogens is 238 g/mol. The number of nitrogens with zero attached hydrogens (tertiary/aromatic N) is 1. The molecule has 3 nitrogen and oxygen atoms in total. The molecule has 0 saturated carbocycles. The molecular formula is C16H19NO2. The zero-order valence-corrected chi connectivity index (χ0v) is 11.2. The predicted octanol–water partition coefficient (Wildman–Crippen LogP) is 4.22. The minimum Gasteiger partial charge on any atom is -0.493 e. The minimum atomic E-state index is 0.693. The number of benzene rings is 2. The molecule has 100 valence electrons. The van der Waals surface area contributed by atoms with E-state index in [0.717, 1.165) is 34.9 Å². The Labute approximate surface area is 113 Å². The Hall–Kier alpha value is -2.03. The quantitative estimate of drug-likeness (QED) is 0.364. The van der Waals surface area contributed by atoms with Crippen LogP contribution in [-0.4, -0.2) is 18.0 Å². The first-order chi connectivity index (χ1) is 9.36. The minimum absolute atomic E-state index is 0.693. The summed E-state index contributed by atoms with van der Waals surface area (Å²) in [6.45, 7) is 2.86. The average molecular weight is 257 g/mol. The third-order valence-corrected chi connectivity index (χ3v) is 3.12. The highest BCUT2D eigenvalue weighted by Gasteiger charge is 2.06. The van der Waals surface area contributed by atoms with Crippen molar-refractivity contribution in [3.63, 3.8) is 0 Å². The van der Waals surface area contributed by atoms with E-state index in [-0.39, 0.29) is 0 Å². The summed E-state index contributed by atoms with van der Waals surface area (Å²) in [6, 6.07) is 12.0. The second kappa shape index (κ2) is 6.78. The van der Waals surface area contributed by atoms with Crippen LogP contribution in [-0.2, 0) is 0 Å². The fourth-order valence-corrected chi connectivity index (χ4v) is 2.13. The van der Waals surface area contributed by atoms with Crippen LogP contribution in [0, 0.1) is 0 Å². The fourth-order valence-electron chi connectivity index (χ4n) is 2.13. The van der Waals surface area contributed by atoms with Crippen molar-refractivity contribution >= 4 is 17.0 Å². The molecule has 2 aromatic rings. The summed E-state index contributed by atoms with van der Waals surface area (Å²) in [5, 5.41) is 14.1. The number of oxime groups is 1. The van der Waals surface area contributed by atoms with Crippen molar-refractivity contribution in [3.8, 4) is 5.75 Å². The first-order valence-electron chi connectivity index (χ1n) is 6.68. The standard InChI is InChI=1S/C16H19NO2/c1-2-3-6-11-19-16-10-9-13-7-4-5-8-14(13)15(16)12-17-18/h4-5,7-10,12,18H,2-3,6,11H2,1H3. The molecule has 2 aromatic carbocycles. The third-order valence-electron chi connectivity index (χ3n) is 3.12. The molecule has 19 heavy (non-hydrogen) atoms. The van der Waals surface area contributed by atoms with Crippen LogP contribution in [0.5, 0.6) is 5.75 Å². The molecule has 0 radical (unpaired) electrons. The van der Waals surface area contributed by atoms with E-state index in [1.54, 1.807) is 0 Å². The predicted molar refractivity (Wildman–Crippen MR) is 78.3 cm³/mol. The molecule has 0 aromatic heterocycles. The Morgan fingerprint density at radius 3 is 2.79 bits per heavy atom. The molecule has 0 spiro atoms. The fraction of sp³-hybridized carbons (Fsp3) is 0.312. The second-order valence-electron chi connectivity index (χ2n) is 4.50. The summed E-state index contributed by atoms with van der Waals surface area (Å²) < 4.78 is 5.80. The monoisotopic (exact) mass is 257 g/mol. The van der Waals surface area contributed by atoms with Gasteiger partial charge in [-0.3, -0.25) is 0 Å². The maximum Gasteiger partial charge on any atom is 0.128 e. The maximum atomic E-state index is 8.83. The summed E-state index contributed by atoms with van der Waals surface area (Å²) in [4.78, 5) is 0. The van der Waals surface area contributed by atoms with E-state index in [9.17, 15) is 0 Å². The van der Waals surface area contributed by atoms with E-state index in [0.29, 0.717) is 6.61 Å². The van der Waals surface area contributed by atoms with Crippen LogP contribution in [0.2, 0.25) is 0 Å². The van der Waals surface area contributed by atoms with Gasteiger partial charge in [0.05, 0.1) is 12.8 Å². The Kier molecular flexibility index (Phi) is 4.78. The summed E-state index contributed by atoms with van der Waals surface area (Å²) in [7, 11) is 0. The van der Waals surface area contributed by atoms with E-state index in [1.165, 1.54) is 12.6 Å². The molecule has 0 unspecified atom stereocenters. The van der Waals surface area contributed by atoms with Gasteiger partial charge in [0, 0.05) is 5.56 Å². The van der Waals surface area contributed by atoms with Crippen molar-refractivity contribution in [2.24, 2.45) is 5.16 Å². The molecule has 0 amide bonds. The lowest BCUT2D eigenvalue weighted by Crippen LogP contribution is -2.00. The van der Waals surface area contributed by atoms with Crippen LogP contribution >= 0.6 is 0 Å². The van der Waals surface area contributed by atoms with Gasteiger partial charge < -0.3 is 9.94 Å². The molecule has 0 saturated heterocycles. The third kappa shape index (κ3) is 3.25. The van der Waals surface area contributed by atoms with Gasteiger partial charge in [0.2, 0.25) is 0 Å². The Bertz CT molecular complexity index is 564. The molecule has 0 aliphatic carbocycles. The normalized spacial score (nSPS) is 11.2. The van der Waals surface area contributed by atoms with Crippen molar-refractivity contribution in [2.45, 2.75) is 26.2 Å². The molecule has 0 atom stereocenters. The summed E-state index contributed by atoms with van der Waals surface area (Å²) >= 11 is 0. The van der Waals surface area contributed by atoms with Crippen molar-refractivity contribution in [3.05, 3.63) is 42.0 Å². The van der Waals surface area contributed by atoms with Gasteiger partial charge in [0.1, 0.15) is 5.75 Å². The molecule has 2 rings (SSSR count). The van der Waals surface area contributed by atoms with Gasteiger partial charge in [-0.1, -0.05) is 55.3 Å². The van der Waals surface area contributed by atoms with E-state index in [2.05, 4.69) is 12.1 Å². The number of hydrogen-bond acceptors (Lipinski definition) is 3. The number of rotatable bonds is 6. The maximum absolute atomic E-state index is 8.83. The topological polar surface area (TPSA) is 41.8 Å². The van der Waals surface area contributed by atoms with Gasteiger partial charge >= 0.3 is 0 Å². The number of unbranched alkanes of at least 4 members (excludes halogenated alkanes) is 2. The average Bonchev–Trinajstić information content (AvgIpc) is 2.45. The lowest BCUT2D eigenvalue weighted by molar-refractivity contribution is 0.305. The van der Waals surface area contributed by atoms with Gasteiger partial charge in [0.25, 0.3) is 0 Å². The zero-order valence-electron chi connectivity index (χ0n) is 11.2. The highest BCUT2D eigenvalue weighted by molar-refractivity contribution is 6.02. The van der Waals surface area contributed by atoms with Crippen molar-refractivity contribution in [2.75, 3.05) is 6.61 Å². The first-order valence-corrected chi connectivity index (χ1v) is 6.68. The molecule has 0 aliphatic rings. The van der Waals surface area contributed by atoms with Gasteiger partial charge in [-0.2, -0.15) is 0 Å². The molecule has 0 bridgehead atoms. The summed E-state index contributed by atoms with van der Waals surface area (Å²) in [5.74, 6) is 0.771. The van der Waals surface area contributed by atoms with Crippen LogP contribution in [0.15, 0.2) is 41.6 Å². The summed E-state index contributed by atoms with van der Waals surface area (Å²) in [6.07, 6.45) is 4.82. The van der Waals surface area contributed by atoms with Crippen molar-refractivity contribution < 1.29 is 9.94 Å². The first kappa shape index (κ1) is 13.4. The van der Waals surface area contributed by atoms with Crippen LogP contribution in [0.3, 0.4) is 0 Å². The molecule has 0 fully saturated rings. The smallest absolute Gasteiger partial charge is 0.128 e. The van der Waals surface area contributed by atoms with Gasteiger partial charge in [-0.15, -0.1) is 0 Å². The van der Waals surface area contributed by atoms with E-state index in [4.69, 9.17) is 9.94 Å². The largest absolute Gasteiger partial charge is 0.493 e. The molecule has 3 heteroatoms. The van der Waals surface area contributed by atoms with Crippen LogP contribution in [0.25, 0.3) is 10.8 Å². The number of ether oxygens (including phenoxy) is 1. The summed E-state index contributed by atoms with van der Waals surface area (Å²) in [5.41, 5.74) is 0.831. The molecule has 0 aliphatic heterocycles. The zero-order chi connectivity index (χ0) is 13.5. The van der Waals surface area contributed by atoms with Crippen LogP contribution < -0.4 is 4.74 Å². The number of hydrogen-bond donors (Lipinski definition) is 1. The highest BCUT2D eigenvalue weighted by Crippen LogP contribution is 2.26. The Morgan fingerprint density at radius 1 is 1.16 bits per heavy atom. The van der Waals surface area contributed by atoms with Gasteiger partial charge in [0.15, 0.2) is 0 Å². The van der Waals surface area contributed by atoms with Crippen LogP contribution in [0.1, 0.15) is 31.7 Å².